The molecule has 0 radical (unpaired) electrons. The minimum atomic E-state index is -4.74. The lowest BCUT2D eigenvalue weighted by atomic mass is 10.1. The minimum Gasteiger partial charge on any atom is -0.356 e. The van der Waals surface area contributed by atoms with Gasteiger partial charge in [0.15, 0.2) is 11.3 Å². The van der Waals surface area contributed by atoms with Gasteiger partial charge in [-0.05, 0) is 6.07 Å². The Morgan fingerprint density at radius 3 is 2.60 bits per heavy atom. The number of aryl methyl sites for hydroxylation is 1. The fourth-order valence-corrected chi connectivity index (χ4v) is 3.24. The van der Waals surface area contributed by atoms with Crippen LogP contribution in [0.15, 0.2) is 24.7 Å². The summed E-state index contributed by atoms with van der Waals surface area (Å²) in [5.41, 5.74) is -1.68. The molecular formula is C17H16F5N7O. The van der Waals surface area contributed by atoms with E-state index in [1.54, 1.807) is 11.0 Å². The van der Waals surface area contributed by atoms with E-state index < -0.39 is 29.4 Å². The Morgan fingerprint density at radius 2 is 1.93 bits per heavy atom. The van der Waals surface area contributed by atoms with Crippen LogP contribution in [0.3, 0.4) is 0 Å². The van der Waals surface area contributed by atoms with Crippen molar-refractivity contribution in [3.05, 3.63) is 35.9 Å². The monoisotopic (exact) mass is 429 g/mol. The number of anilines is 2. The Hall–Kier alpha value is -3.25. The lowest BCUT2D eigenvalue weighted by Gasteiger charge is -2.32. The van der Waals surface area contributed by atoms with Crippen LogP contribution in [0.2, 0.25) is 0 Å². The van der Waals surface area contributed by atoms with Gasteiger partial charge in [0.1, 0.15) is 11.4 Å². The zero-order valence-electron chi connectivity index (χ0n) is 15.6. The molecule has 4 heterocycles. The van der Waals surface area contributed by atoms with Crippen molar-refractivity contribution in [1.29, 1.82) is 0 Å². The number of fused-ring (bicyclic) bond motifs is 1. The lowest BCUT2D eigenvalue weighted by molar-refractivity contribution is -0.140. The number of piperidine rings is 1. The first kappa shape index (κ1) is 20.0. The molecule has 3 aromatic heterocycles. The minimum absolute atomic E-state index is 0.0591. The van der Waals surface area contributed by atoms with E-state index in [-0.39, 0.29) is 37.1 Å². The van der Waals surface area contributed by atoms with Crippen LogP contribution >= 0.6 is 0 Å². The molecule has 1 N–H and O–H groups in total. The summed E-state index contributed by atoms with van der Waals surface area (Å²) in [7, 11) is 1.30. The molecule has 0 saturated carbocycles. The first-order valence-corrected chi connectivity index (χ1v) is 8.93. The van der Waals surface area contributed by atoms with Crippen LogP contribution in [-0.4, -0.2) is 49.3 Å². The number of alkyl halides is 5. The number of carbonyl (C=O) groups is 1. The summed E-state index contributed by atoms with van der Waals surface area (Å²) in [4.78, 5) is 18.6. The van der Waals surface area contributed by atoms with E-state index in [1.807, 2.05) is 0 Å². The Bertz CT molecular complexity index is 1090. The predicted octanol–water partition coefficient (Wildman–Crippen LogP) is 2.97. The van der Waals surface area contributed by atoms with E-state index in [9.17, 15) is 26.7 Å². The molecular weight excluding hydrogens is 413 g/mol. The van der Waals surface area contributed by atoms with Crippen molar-refractivity contribution in [3.8, 4) is 0 Å². The van der Waals surface area contributed by atoms with Crippen LogP contribution in [-0.2, 0) is 13.2 Å². The fourth-order valence-electron chi connectivity index (χ4n) is 3.24. The average molecular weight is 429 g/mol. The number of nitrogens with zero attached hydrogens (tertiary/aromatic N) is 6. The van der Waals surface area contributed by atoms with Crippen molar-refractivity contribution in [3.63, 3.8) is 0 Å². The molecule has 1 fully saturated rings. The van der Waals surface area contributed by atoms with Gasteiger partial charge in [-0.3, -0.25) is 9.48 Å². The number of rotatable bonds is 3. The molecule has 0 atom stereocenters. The van der Waals surface area contributed by atoms with Gasteiger partial charge in [0.2, 0.25) is 0 Å². The van der Waals surface area contributed by atoms with Gasteiger partial charge < -0.3 is 10.2 Å². The SMILES string of the molecule is Cn1cc(NC(=O)c2cnn3ccc(N4CCC(F)(F)CC4)nc23)c(C(F)(F)F)n1. The van der Waals surface area contributed by atoms with Gasteiger partial charge >= 0.3 is 6.18 Å². The van der Waals surface area contributed by atoms with Gasteiger partial charge in [-0.25, -0.2) is 18.3 Å². The highest BCUT2D eigenvalue weighted by Gasteiger charge is 2.38. The number of aromatic nitrogens is 5. The zero-order valence-corrected chi connectivity index (χ0v) is 15.6. The Kier molecular flexibility index (Phi) is 4.62. The van der Waals surface area contributed by atoms with Crippen molar-refractivity contribution in [2.24, 2.45) is 7.05 Å². The standard InChI is InChI=1S/C17H16F5N7O/c1-27-9-11(13(26-27)17(20,21)22)24-15(30)10-8-23-29-5-2-12(25-14(10)29)28-6-3-16(18,19)4-7-28/h2,5,8-9H,3-4,6-7H2,1H3,(H,24,30). The summed E-state index contributed by atoms with van der Waals surface area (Å²) in [5, 5.41) is 9.51. The quantitative estimate of drug-likeness (QED) is 0.648. The molecule has 0 aliphatic carbocycles. The first-order chi connectivity index (χ1) is 14.0. The smallest absolute Gasteiger partial charge is 0.356 e. The van der Waals surface area contributed by atoms with E-state index in [1.165, 1.54) is 24.0 Å². The van der Waals surface area contributed by atoms with Crippen LogP contribution in [0.1, 0.15) is 28.9 Å². The number of hydrogen-bond donors (Lipinski definition) is 1. The van der Waals surface area contributed by atoms with E-state index in [0.717, 1.165) is 10.9 Å². The van der Waals surface area contributed by atoms with Gasteiger partial charge in [0.05, 0.1) is 11.9 Å². The maximum absolute atomic E-state index is 13.4. The van der Waals surface area contributed by atoms with Gasteiger partial charge in [0, 0.05) is 45.4 Å². The molecule has 13 heteroatoms. The lowest BCUT2D eigenvalue weighted by Crippen LogP contribution is -2.39. The topological polar surface area (TPSA) is 80.4 Å². The third-order valence-corrected chi connectivity index (χ3v) is 4.76. The Morgan fingerprint density at radius 1 is 1.23 bits per heavy atom. The highest BCUT2D eigenvalue weighted by atomic mass is 19.4. The third-order valence-electron chi connectivity index (χ3n) is 4.76. The highest BCUT2D eigenvalue weighted by molar-refractivity contribution is 6.08. The van der Waals surface area contributed by atoms with Crippen LogP contribution in [0, 0.1) is 0 Å². The van der Waals surface area contributed by atoms with Gasteiger partial charge in [-0.1, -0.05) is 0 Å². The molecule has 1 saturated heterocycles. The molecule has 4 rings (SSSR count). The van der Waals surface area contributed by atoms with Crippen molar-refractivity contribution < 1.29 is 26.7 Å². The molecule has 160 valence electrons. The molecule has 8 nitrogen and oxygen atoms in total. The largest absolute Gasteiger partial charge is 0.437 e. The number of amides is 1. The molecule has 1 aliphatic heterocycles. The average Bonchev–Trinajstić information content (AvgIpc) is 3.24. The first-order valence-electron chi connectivity index (χ1n) is 8.93. The van der Waals surface area contributed by atoms with Crippen molar-refractivity contribution in [1.82, 2.24) is 24.4 Å². The van der Waals surface area contributed by atoms with Gasteiger partial charge in [0.25, 0.3) is 11.8 Å². The Labute approximate surface area is 166 Å². The fraction of sp³-hybridized carbons (Fsp3) is 0.412. The van der Waals surface area contributed by atoms with Gasteiger partial charge in [-0.15, -0.1) is 0 Å². The predicted molar refractivity (Wildman–Crippen MR) is 95.5 cm³/mol. The number of nitrogens with one attached hydrogen (secondary N) is 1. The van der Waals surface area contributed by atoms with Crippen molar-refractivity contribution in [2.75, 3.05) is 23.3 Å². The van der Waals surface area contributed by atoms with Crippen molar-refractivity contribution >= 4 is 23.1 Å². The second-order valence-electron chi connectivity index (χ2n) is 6.97. The molecule has 0 spiro atoms. The number of carbonyl (C=O) groups excluding carboxylic acids is 1. The van der Waals surface area contributed by atoms with Crippen LogP contribution < -0.4 is 10.2 Å². The molecule has 30 heavy (non-hydrogen) atoms. The summed E-state index contributed by atoms with van der Waals surface area (Å²) in [6, 6.07) is 1.58. The van der Waals surface area contributed by atoms with E-state index in [0.29, 0.717) is 5.82 Å². The molecule has 1 amide bonds. The zero-order chi connectivity index (χ0) is 21.7. The molecule has 0 unspecified atom stereocenters. The van der Waals surface area contributed by atoms with Crippen molar-refractivity contribution in [2.45, 2.75) is 24.9 Å². The van der Waals surface area contributed by atoms with E-state index >= 15 is 0 Å². The van der Waals surface area contributed by atoms with Crippen LogP contribution in [0.25, 0.3) is 5.65 Å². The molecule has 3 aromatic rings. The number of halogens is 5. The summed E-state index contributed by atoms with van der Waals surface area (Å²) in [6.07, 6.45) is -1.64. The van der Waals surface area contributed by atoms with E-state index in [4.69, 9.17) is 0 Å². The summed E-state index contributed by atoms with van der Waals surface area (Å²) >= 11 is 0. The maximum Gasteiger partial charge on any atom is 0.437 e. The second-order valence-corrected chi connectivity index (χ2v) is 6.97. The summed E-state index contributed by atoms with van der Waals surface area (Å²) in [5.74, 6) is -3.19. The summed E-state index contributed by atoms with van der Waals surface area (Å²) in [6.45, 7) is 0.187. The highest BCUT2D eigenvalue weighted by Crippen LogP contribution is 2.34. The molecule has 1 aliphatic rings. The van der Waals surface area contributed by atoms with Gasteiger partial charge in [-0.2, -0.15) is 23.4 Å². The van der Waals surface area contributed by atoms with Crippen LogP contribution in [0.5, 0.6) is 0 Å². The summed E-state index contributed by atoms with van der Waals surface area (Å²) < 4.78 is 68.3. The third kappa shape index (κ3) is 3.78. The molecule has 0 aromatic carbocycles. The maximum atomic E-state index is 13.4. The van der Waals surface area contributed by atoms with Crippen LogP contribution in [0.4, 0.5) is 33.5 Å². The Balaban J connectivity index is 1.61. The van der Waals surface area contributed by atoms with E-state index in [2.05, 4.69) is 20.5 Å². The number of hydrogen-bond acceptors (Lipinski definition) is 5. The normalized spacial score (nSPS) is 16.8. The molecule has 0 bridgehead atoms. The second kappa shape index (κ2) is 6.92.